The van der Waals surface area contributed by atoms with Crippen LogP contribution in [0.1, 0.15) is 20.8 Å². The Balaban J connectivity index is 1.58. The van der Waals surface area contributed by atoms with Crippen molar-refractivity contribution in [2.45, 2.75) is 18.1 Å². The van der Waals surface area contributed by atoms with E-state index >= 15 is 0 Å². The van der Waals surface area contributed by atoms with E-state index in [2.05, 4.69) is 11.9 Å². The van der Waals surface area contributed by atoms with Gasteiger partial charge in [-0.1, -0.05) is 30.0 Å². The van der Waals surface area contributed by atoms with Crippen molar-refractivity contribution in [3.63, 3.8) is 0 Å². The van der Waals surface area contributed by atoms with Crippen molar-refractivity contribution in [3.05, 3.63) is 86.8 Å². The van der Waals surface area contributed by atoms with Gasteiger partial charge in [-0.25, -0.2) is 9.37 Å². The van der Waals surface area contributed by atoms with Crippen LogP contribution in [0.2, 0.25) is 0 Å². The summed E-state index contributed by atoms with van der Waals surface area (Å²) in [6.07, 6.45) is 0.826. The van der Waals surface area contributed by atoms with Gasteiger partial charge in [-0.2, -0.15) is 0 Å². The Morgan fingerprint density at radius 2 is 1.91 bits per heavy atom. The number of para-hydroxylation sites is 1. The Hall–Kier alpha value is -2.81. The Morgan fingerprint density at radius 1 is 1.16 bits per heavy atom. The van der Waals surface area contributed by atoms with E-state index in [0.29, 0.717) is 16.1 Å². The number of carbonyl (C=O) groups is 1. The predicted molar refractivity (Wildman–Crippen MR) is 127 cm³/mol. The van der Waals surface area contributed by atoms with Crippen molar-refractivity contribution >= 4 is 39.1 Å². The van der Waals surface area contributed by atoms with Crippen LogP contribution in [0.3, 0.4) is 0 Å². The molecule has 2 aromatic heterocycles. The molecule has 1 aliphatic rings. The standard InChI is InChI=1S/C24H20FN3O2S2/c1-27-12-11-18-20(13-27)32-22-21(18)23(30)28(17-5-3-2-4-6-17)24(26-22)31-14-19(29)15-7-9-16(25)10-8-15/h2-10H,11-14H2,1H3. The second-order valence-electron chi connectivity index (χ2n) is 7.76. The van der Waals surface area contributed by atoms with E-state index < -0.39 is 0 Å². The van der Waals surface area contributed by atoms with Crippen LogP contribution in [0, 0.1) is 5.82 Å². The van der Waals surface area contributed by atoms with Gasteiger partial charge in [0, 0.05) is 23.5 Å². The van der Waals surface area contributed by atoms with Gasteiger partial charge in [-0.3, -0.25) is 14.2 Å². The number of likely N-dealkylation sites (N-methyl/N-ethyl adjacent to an activating group) is 1. The molecule has 32 heavy (non-hydrogen) atoms. The van der Waals surface area contributed by atoms with E-state index in [4.69, 9.17) is 4.98 Å². The molecule has 4 aromatic rings. The molecule has 0 atom stereocenters. The number of nitrogens with zero attached hydrogens (tertiary/aromatic N) is 3. The van der Waals surface area contributed by atoms with Crippen molar-refractivity contribution in [1.82, 2.24) is 14.5 Å². The molecule has 0 fully saturated rings. The van der Waals surface area contributed by atoms with Gasteiger partial charge >= 0.3 is 0 Å². The molecule has 2 aromatic carbocycles. The summed E-state index contributed by atoms with van der Waals surface area (Å²) in [6, 6.07) is 14.9. The van der Waals surface area contributed by atoms with Crippen LogP contribution in [0.15, 0.2) is 64.5 Å². The molecule has 1 aliphatic heterocycles. The average Bonchev–Trinajstić information content (AvgIpc) is 3.16. The summed E-state index contributed by atoms with van der Waals surface area (Å²) < 4.78 is 14.8. The highest BCUT2D eigenvalue weighted by Crippen LogP contribution is 2.34. The molecule has 0 aliphatic carbocycles. The van der Waals surface area contributed by atoms with Crippen LogP contribution in [-0.4, -0.2) is 39.6 Å². The van der Waals surface area contributed by atoms with Crippen LogP contribution >= 0.6 is 23.1 Å². The largest absolute Gasteiger partial charge is 0.301 e. The molecule has 5 nitrogen and oxygen atoms in total. The predicted octanol–water partition coefficient (Wildman–Crippen LogP) is 4.55. The zero-order chi connectivity index (χ0) is 22.2. The maximum absolute atomic E-state index is 13.7. The fourth-order valence-electron chi connectivity index (χ4n) is 3.90. The number of hydrogen-bond donors (Lipinski definition) is 0. The van der Waals surface area contributed by atoms with Crippen LogP contribution in [0.25, 0.3) is 15.9 Å². The summed E-state index contributed by atoms with van der Waals surface area (Å²) in [5.74, 6) is -0.424. The first-order valence-electron chi connectivity index (χ1n) is 10.2. The number of Topliss-reactive ketones (excluding diaryl/α,β-unsaturated/α-hetero) is 1. The van der Waals surface area contributed by atoms with Gasteiger partial charge in [-0.05, 0) is 55.4 Å². The first-order chi connectivity index (χ1) is 15.5. The highest BCUT2D eigenvalue weighted by Gasteiger charge is 2.24. The molecule has 0 unspecified atom stereocenters. The zero-order valence-electron chi connectivity index (χ0n) is 17.4. The molecule has 0 spiro atoms. The van der Waals surface area contributed by atoms with Gasteiger partial charge in [0.2, 0.25) is 0 Å². The molecule has 0 N–H and O–H groups in total. The maximum atomic E-state index is 13.7. The molecule has 0 bridgehead atoms. The highest BCUT2D eigenvalue weighted by atomic mass is 32.2. The monoisotopic (exact) mass is 465 g/mol. The van der Waals surface area contributed by atoms with Gasteiger partial charge in [0.15, 0.2) is 10.9 Å². The quantitative estimate of drug-likeness (QED) is 0.246. The third-order valence-corrected chi connectivity index (χ3v) is 7.60. The smallest absolute Gasteiger partial charge is 0.267 e. The SMILES string of the molecule is CN1CCc2c(sc3nc(SCC(=O)c4ccc(F)cc4)n(-c4ccccc4)c(=O)c23)C1. The summed E-state index contributed by atoms with van der Waals surface area (Å²) >= 11 is 2.79. The van der Waals surface area contributed by atoms with Crippen LogP contribution in [0.5, 0.6) is 0 Å². The molecule has 0 amide bonds. The number of fused-ring (bicyclic) bond motifs is 3. The molecule has 5 rings (SSSR count). The summed E-state index contributed by atoms with van der Waals surface area (Å²) in [6.45, 7) is 1.72. The molecular formula is C24H20FN3O2S2. The number of ketones is 1. The number of rotatable bonds is 5. The van der Waals surface area contributed by atoms with Gasteiger partial charge in [-0.15, -0.1) is 11.3 Å². The highest BCUT2D eigenvalue weighted by molar-refractivity contribution is 7.99. The number of hydrogen-bond acceptors (Lipinski definition) is 6. The summed E-state index contributed by atoms with van der Waals surface area (Å²) in [7, 11) is 2.07. The second kappa shape index (κ2) is 8.61. The van der Waals surface area contributed by atoms with Gasteiger partial charge in [0.25, 0.3) is 5.56 Å². The third-order valence-electron chi connectivity index (χ3n) is 5.55. The fraction of sp³-hybridized carbons (Fsp3) is 0.208. The van der Waals surface area contributed by atoms with Crippen LogP contribution in [0.4, 0.5) is 4.39 Å². The van der Waals surface area contributed by atoms with E-state index in [0.717, 1.165) is 35.6 Å². The topological polar surface area (TPSA) is 55.2 Å². The van der Waals surface area contributed by atoms with E-state index in [-0.39, 0.29) is 22.9 Å². The normalized spacial score (nSPS) is 13.9. The minimum absolute atomic E-state index is 0.0972. The van der Waals surface area contributed by atoms with Gasteiger partial charge in [0.1, 0.15) is 10.6 Å². The molecule has 162 valence electrons. The molecule has 8 heteroatoms. The number of thiophene rings is 1. The first-order valence-corrected chi connectivity index (χ1v) is 12.0. The maximum Gasteiger partial charge on any atom is 0.267 e. The lowest BCUT2D eigenvalue weighted by atomic mass is 10.1. The first kappa shape index (κ1) is 21.1. The number of aromatic nitrogens is 2. The number of benzene rings is 2. The van der Waals surface area contributed by atoms with E-state index in [1.807, 2.05) is 30.3 Å². The van der Waals surface area contributed by atoms with Crippen LogP contribution in [-0.2, 0) is 13.0 Å². The van der Waals surface area contributed by atoms with Crippen molar-refractivity contribution in [1.29, 1.82) is 0 Å². The van der Waals surface area contributed by atoms with Crippen LogP contribution < -0.4 is 5.56 Å². The Bertz CT molecular complexity index is 1360. The molecule has 0 saturated heterocycles. The molecule has 0 saturated carbocycles. The Labute approximate surface area is 192 Å². The minimum Gasteiger partial charge on any atom is -0.301 e. The Morgan fingerprint density at radius 3 is 2.66 bits per heavy atom. The van der Waals surface area contributed by atoms with Crippen molar-refractivity contribution in [2.75, 3.05) is 19.3 Å². The van der Waals surface area contributed by atoms with Crippen molar-refractivity contribution < 1.29 is 9.18 Å². The van der Waals surface area contributed by atoms with Gasteiger partial charge < -0.3 is 4.90 Å². The lowest BCUT2D eigenvalue weighted by Crippen LogP contribution is -2.27. The summed E-state index contributed by atoms with van der Waals surface area (Å²) in [5, 5.41) is 1.17. The zero-order valence-corrected chi connectivity index (χ0v) is 19.0. The number of carbonyl (C=O) groups excluding carboxylic acids is 1. The van der Waals surface area contributed by atoms with Crippen molar-refractivity contribution in [3.8, 4) is 5.69 Å². The lowest BCUT2D eigenvalue weighted by molar-refractivity contribution is 0.102. The third kappa shape index (κ3) is 3.90. The molecule has 0 radical (unpaired) electrons. The molecular weight excluding hydrogens is 445 g/mol. The van der Waals surface area contributed by atoms with E-state index in [1.165, 1.54) is 40.9 Å². The summed E-state index contributed by atoms with van der Waals surface area (Å²) in [4.78, 5) is 35.3. The molecule has 3 heterocycles. The van der Waals surface area contributed by atoms with E-state index in [1.54, 1.807) is 15.9 Å². The van der Waals surface area contributed by atoms with E-state index in [9.17, 15) is 14.0 Å². The van der Waals surface area contributed by atoms with Gasteiger partial charge in [0.05, 0.1) is 16.8 Å². The average molecular weight is 466 g/mol. The lowest BCUT2D eigenvalue weighted by Gasteiger charge is -2.21. The minimum atomic E-state index is -0.383. The van der Waals surface area contributed by atoms with Crippen molar-refractivity contribution in [2.24, 2.45) is 0 Å². The summed E-state index contributed by atoms with van der Waals surface area (Å²) in [5.41, 5.74) is 2.16. The number of thioether (sulfide) groups is 1. The second-order valence-corrected chi connectivity index (χ2v) is 9.79. The Kier molecular flexibility index (Phi) is 5.67. The fourth-order valence-corrected chi connectivity index (χ4v) is 6.15. The number of halogens is 1.